The summed E-state index contributed by atoms with van der Waals surface area (Å²) in [6, 6.07) is 2.22. The van der Waals surface area contributed by atoms with Gasteiger partial charge in [-0.3, -0.25) is 4.90 Å². The number of rotatable bonds is 2. The van der Waals surface area contributed by atoms with E-state index in [1.165, 1.54) is 7.11 Å². The van der Waals surface area contributed by atoms with Crippen LogP contribution in [-0.4, -0.2) is 58.9 Å². The molecular formula is C22H25ClN6O2. The first-order valence-corrected chi connectivity index (χ1v) is 11.0. The van der Waals surface area contributed by atoms with Crippen LogP contribution in [-0.2, 0) is 24.1 Å². The fraction of sp³-hybridized carbons (Fsp3) is 0.455. The number of aromatic nitrogens is 3. The molecule has 2 aromatic heterocycles. The van der Waals surface area contributed by atoms with E-state index in [1.807, 2.05) is 6.07 Å². The predicted molar refractivity (Wildman–Crippen MR) is 119 cm³/mol. The number of anilines is 2. The van der Waals surface area contributed by atoms with Crippen LogP contribution in [0.5, 0.6) is 0 Å². The molecule has 1 atom stereocenters. The first-order chi connectivity index (χ1) is 15.0. The number of methoxy groups -OCH3 is 1. The molecule has 5 rings (SSSR count). The van der Waals surface area contributed by atoms with Crippen LogP contribution in [0.2, 0.25) is 5.15 Å². The van der Waals surface area contributed by atoms with Gasteiger partial charge in [0.2, 0.25) is 0 Å². The maximum absolute atomic E-state index is 12.1. The number of ether oxygens (including phenoxy) is 1. The van der Waals surface area contributed by atoms with Gasteiger partial charge in [0.1, 0.15) is 17.3 Å². The molecular weight excluding hydrogens is 416 g/mol. The molecule has 9 heteroatoms. The van der Waals surface area contributed by atoms with Gasteiger partial charge in [-0.05, 0) is 19.4 Å². The zero-order valence-electron chi connectivity index (χ0n) is 17.7. The van der Waals surface area contributed by atoms with Crippen molar-refractivity contribution < 1.29 is 9.53 Å². The summed E-state index contributed by atoms with van der Waals surface area (Å²) in [6.07, 6.45) is 8.09. The Hall–Kier alpha value is -2.87. The first-order valence-electron chi connectivity index (χ1n) is 10.6. The van der Waals surface area contributed by atoms with Gasteiger partial charge in [-0.2, -0.15) is 0 Å². The van der Waals surface area contributed by atoms with Crippen molar-refractivity contribution in [3.05, 3.63) is 46.1 Å². The molecule has 1 fully saturated rings. The maximum atomic E-state index is 12.1. The van der Waals surface area contributed by atoms with E-state index < -0.39 is 0 Å². The second-order valence-electron chi connectivity index (χ2n) is 8.23. The SMILES string of the molecule is COC(=O)N1CCCN(c2ncnc3c2CN(c2cc(Cl)nc4c2C=CC4)[C@H](C)C3)C1. The van der Waals surface area contributed by atoms with Gasteiger partial charge in [-0.25, -0.2) is 19.7 Å². The molecule has 0 unspecified atom stereocenters. The molecule has 1 amide bonds. The number of nitrogens with zero attached hydrogens (tertiary/aromatic N) is 6. The van der Waals surface area contributed by atoms with Crippen LogP contribution >= 0.6 is 11.6 Å². The summed E-state index contributed by atoms with van der Waals surface area (Å²) in [6.45, 7) is 4.89. The van der Waals surface area contributed by atoms with Crippen LogP contribution in [0, 0.1) is 0 Å². The monoisotopic (exact) mass is 440 g/mol. The number of hydrogen-bond acceptors (Lipinski definition) is 7. The average molecular weight is 441 g/mol. The van der Waals surface area contributed by atoms with E-state index >= 15 is 0 Å². The molecule has 2 aliphatic heterocycles. The Morgan fingerprint density at radius 3 is 2.97 bits per heavy atom. The highest BCUT2D eigenvalue weighted by atomic mass is 35.5. The minimum absolute atomic E-state index is 0.264. The molecule has 0 aromatic carbocycles. The first kappa shape index (κ1) is 20.1. The van der Waals surface area contributed by atoms with Crippen molar-refractivity contribution >= 4 is 35.3 Å². The second-order valence-corrected chi connectivity index (χ2v) is 8.61. The quantitative estimate of drug-likeness (QED) is 0.663. The van der Waals surface area contributed by atoms with Crippen LogP contribution in [0.1, 0.15) is 35.9 Å². The summed E-state index contributed by atoms with van der Waals surface area (Å²) < 4.78 is 4.92. The lowest BCUT2D eigenvalue weighted by atomic mass is 9.97. The molecule has 2 aromatic rings. The van der Waals surface area contributed by atoms with E-state index in [9.17, 15) is 4.79 Å². The number of halogens is 1. The maximum Gasteiger partial charge on any atom is 0.410 e. The van der Waals surface area contributed by atoms with E-state index in [4.69, 9.17) is 16.3 Å². The number of amides is 1. The van der Waals surface area contributed by atoms with Crippen LogP contribution < -0.4 is 9.80 Å². The highest BCUT2D eigenvalue weighted by molar-refractivity contribution is 6.29. The molecule has 4 heterocycles. The third kappa shape index (κ3) is 3.59. The van der Waals surface area contributed by atoms with Crippen molar-refractivity contribution in [1.29, 1.82) is 0 Å². The number of carbonyl (C=O) groups excluding carboxylic acids is 1. The Morgan fingerprint density at radius 1 is 1.26 bits per heavy atom. The smallest absolute Gasteiger partial charge is 0.410 e. The van der Waals surface area contributed by atoms with Crippen LogP contribution in [0.15, 0.2) is 18.5 Å². The number of hydrogen-bond donors (Lipinski definition) is 0. The van der Waals surface area contributed by atoms with E-state index in [-0.39, 0.29) is 12.1 Å². The summed E-state index contributed by atoms with van der Waals surface area (Å²) in [4.78, 5) is 32.0. The summed E-state index contributed by atoms with van der Waals surface area (Å²) in [5.41, 5.74) is 5.45. The Morgan fingerprint density at radius 2 is 2.13 bits per heavy atom. The minimum Gasteiger partial charge on any atom is -0.453 e. The van der Waals surface area contributed by atoms with Crippen molar-refractivity contribution in [2.45, 2.75) is 38.8 Å². The second kappa shape index (κ2) is 8.00. The van der Waals surface area contributed by atoms with Crippen molar-refractivity contribution in [2.24, 2.45) is 0 Å². The highest BCUT2D eigenvalue weighted by Crippen LogP contribution is 2.37. The fourth-order valence-corrected chi connectivity index (χ4v) is 4.97. The van der Waals surface area contributed by atoms with Gasteiger partial charge in [0, 0.05) is 55.3 Å². The normalized spacial score (nSPS) is 20.0. The summed E-state index contributed by atoms with van der Waals surface area (Å²) in [7, 11) is 1.42. The lowest BCUT2D eigenvalue weighted by molar-refractivity contribution is 0.117. The molecule has 0 spiro atoms. The molecule has 0 bridgehead atoms. The van der Waals surface area contributed by atoms with Gasteiger partial charge in [0.25, 0.3) is 0 Å². The van der Waals surface area contributed by atoms with Crippen molar-refractivity contribution in [2.75, 3.05) is 36.7 Å². The molecule has 162 valence electrons. The lowest BCUT2D eigenvalue weighted by Crippen LogP contribution is -2.49. The molecule has 0 N–H and O–H groups in total. The molecule has 31 heavy (non-hydrogen) atoms. The average Bonchev–Trinajstić information content (AvgIpc) is 3.25. The Bertz CT molecular complexity index is 1060. The molecule has 1 saturated heterocycles. The fourth-order valence-electron chi connectivity index (χ4n) is 4.76. The number of carbonyl (C=O) groups is 1. The van der Waals surface area contributed by atoms with Gasteiger partial charge >= 0.3 is 6.09 Å². The van der Waals surface area contributed by atoms with Crippen LogP contribution in [0.25, 0.3) is 6.08 Å². The molecule has 0 saturated carbocycles. The third-order valence-electron chi connectivity index (χ3n) is 6.28. The number of allylic oxidation sites excluding steroid dienone is 1. The van der Waals surface area contributed by atoms with E-state index in [2.05, 4.69) is 43.8 Å². The van der Waals surface area contributed by atoms with Crippen molar-refractivity contribution in [3.63, 3.8) is 0 Å². The summed E-state index contributed by atoms with van der Waals surface area (Å²) in [5.74, 6) is 0.892. The molecule has 0 radical (unpaired) electrons. The number of pyridine rings is 1. The van der Waals surface area contributed by atoms with Crippen molar-refractivity contribution in [1.82, 2.24) is 19.9 Å². The molecule has 1 aliphatic carbocycles. The van der Waals surface area contributed by atoms with Gasteiger partial charge in [-0.1, -0.05) is 23.8 Å². The van der Waals surface area contributed by atoms with Gasteiger partial charge in [0.05, 0.1) is 25.2 Å². The van der Waals surface area contributed by atoms with Crippen molar-refractivity contribution in [3.8, 4) is 0 Å². The van der Waals surface area contributed by atoms with E-state index in [0.29, 0.717) is 24.9 Å². The predicted octanol–water partition coefficient (Wildman–Crippen LogP) is 3.28. The lowest BCUT2D eigenvalue weighted by Gasteiger charge is -2.40. The molecule has 3 aliphatic rings. The molecule has 8 nitrogen and oxygen atoms in total. The zero-order valence-corrected chi connectivity index (χ0v) is 18.5. The topological polar surface area (TPSA) is 74.7 Å². The Kier molecular flexibility index (Phi) is 5.17. The third-order valence-corrected chi connectivity index (χ3v) is 6.47. The zero-order chi connectivity index (χ0) is 21.5. The Labute approximate surface area is 186 Å². The summed E-state index contributed by atoms with van der Waals surface area (Å²) in [5, 5.41) is 0.518. The van der Waals surface area contributed by atoms with Crippen LogP contribution in [0.4, 0.5) is 16.3 Å². The standard InChI is InChI=1S/C22H25ClN6O2/c1-14-9-18-16(11-29(14)19-10-20(23)26-17-6-3-5-15(17)19)21(25-12-24-18)27-7-4-8-28(13-27)22(30)31-2/h3,5,10,12,14H,4,6-9,11,13H2,1-2H3/t14-/m1/s1. The number of fused-ring (bicyclic) bond motifs is 2. The Balaban J connectivity index is 1.50. The summed E-state index contributed by atoms with van der Waals surface area (Å²) >= 11 is 6.36. The van der Waals surface area contributed by atoms with Gasteiger partial charge in [0.15, 0.2) is 0 Å². The van der Waals surface area contributed by atoms with E-state index in [0.717, 1.165) is 59.8 Å². The minimum atomic E-state index is -0.309. The highest BCUT2D eigenvalue weighted by Gasteiger charge is 2.32. The largest absolute Gasteiger partial charge is 0.453 e. The van der Waals surface area contributed by atoms with E-state index in [1.54, 1.807) is 11.2 Å². The van der Waals surface area contributed by atoms with Gasteiger partial charge < -0.3 is 14.5 Å². The van der Waals surface area contributed by atoms with Gasteiger partial charge in [-0.15, -0.1) is 0 Å². The van der Waals surface area contributed by atoms with Crippen LogP contribution in [0.3, 0.4) is 0 Å².